The minimum atomic E-state index is -0.250. The zero-order chi connectivity index (χ0) is 2.71. The molecule has 0 rings (SSSR count). The molecule has 34 valence electrons. The fourth-order valence-electron chi connectivity index (χ4n) is 0. The van der Waals surface area contributed by atoms with Gasteiger partial charge in [-0.15, -0.1) is 0 Å². The minimum Gasteiger partial charge on any atom is -2.00 e. The molecule has 0 aromatic heterocycles. The molecule has 0 atom stereocenters. The number of hydrogen-bond acceptors (Lipinski definition) is 1. The van der Waals surface area contributed by atoms with Gasteiger partial charge < -0.3 is 16.1 Å². The van der Waals surface area contributed by atoms with Crippen LogP contribution in [0.1, 0.15) is 0 Å². The smallest absolute Gasteiger partial charge is 2.00 e. The Morgan fingerprint density at radius 1 is 1.33 bits per heavy atom. The third-order valence-electron chi connectivity index (χ3n) is 0. The second kappa shape index (κ2) is 70.5. The molecule has 0 unspecified atom stereocenters. The van der Waals surface area contributed by atoms with Gasteiger partial charge in [-0.1, -0.05) is 0 Å². The van der Waals surface area contributed by atoms with Crippen molar-refractivity contribution in [2.24, 2.45) is 0 Å². The van der Waals surface area contributed by atoms with E-state index in [0.717, 1.165) is 0 Å². The number of hydrogen-bond donors (Lipinski definition) is 1. The quantitative estimate of drug-likeness (QED) is 0.348. The normalized spacial score (nSPS) is 2.00. The molecular weight excluding hydrogens is 124 g/mol. The molecule has 0 saturated carbocycles. The zero-order valence-corrected chi connectivity index (χ0v) is 4.31. The SMILES string of the molecule is O=CO.[O-2].[O-2].[Ti+4]. The van der Waals surface area contributed by atoms with Crippen molar-refractivity contribution >= 4 is 6.47 Å². The molecule has 0 heterocycles. The van der Waals surface area contributed by atoms with E-state index in [1.807, 2.05) is 0 Å². The van der Waals surface area contributed by atoms with E-state index < -0.39 is 0 Å². The van der Waals surface area contributed by atoms with Gasteiger partial charge in [0, 0.05) is 0 Å². The summed E-state index contributed by atoms with van der Waals surface area (Å²) >= 11 is 0. The van der Waals surface area contributed by atoms with E-state index in [1.54, 1.807) is 0 Å². The predicted octanol–water partition coefficient (Wildman–Crippen LogP) is -0.539. The van der Waals surface area contributed by atoms with Gasteiger partial charge in [0.2, 0.25) is 0 Å². The van der Waals surface area contributed by atoms with Gasteiger partial charge in [0.25, 0.3) is 6.47 Å². The first-order chi connectivity index (χ1) is 1.41. The first-order valence-corrected chi connectivity index (χ1v) is 0.494. The van der Waals surface area contributed by atoms with Gasteiger partial charge in [-0.25, -0.2) is 0 Å². The first-order valence-electron chi connectivity index (χ1n) is 0.494. The Hall–Kier alpha value is 0.104. The van der Waals surface area contributed by atoms with Gasteiger partial charge in [-0.2, -0.15) is 0 Å². The van der Waals surface area contributed by atoms with Crippen molar-refractivity contribution in [3.8, 4) is 0 Å². The Kier molecular flexibility index (Phi) is 422. The van der Waals surface area contributed by atoms with Crippen LogP contribution in [0.15, 0.2) is 0 Å². The van der Waals surface area contributed by atoms with E-state index in [2.05, 4.69) is 0 Å². The second-order valence-corrected chi connectivity index (χ2v) is 0.105. The van der Waals surface area contributed by atoms with E-state index in [-0.39, 0.29) is 39.1 Å². The third-order valence-corrected chi connectivity index (χ3v) is 0. The van der Waals surface area contributed by atoms with Gasteiger partial charge >= 0.3 is 21.7 Å². The van der Waals surface area contributed by atoms with Gasteiger partial charge in [-0.3, -0.25) is 4.79 Å². The van der Waals surface area contributed by atoms with Crippen LogP contribution in [0, 0.1) is 0 Å². The number of rotatable bonds is 0. The van der Waals surface area contributed by atoms with Crippen molar-refractivity contribution in [2.45, 2.75) is 0 Å². The Balaban J connectivity index is -0.00000000667. The fraction of sp³-hybridized carbons (Fsp3) is 0. The monoisotopic (exact) mass is 126 g/mol. The molecule has 0 aromatic carbocycles. The summed E-state index contributed by atoms with van der Waals surface area (Å²) < 4.78 is 0. The molecule has 1 N–H and O–H groups in total. The van der Waals surface area contributed by atoms with Crippen LogP contribution in [0.3, 0.4) is 0 Å². The van der Waals surface area contributed by atoms with E-state index in [0.29, 0.717) is 0 Å². The van der Waals surface area contributed by atoms with Crippen LogP contribution >= 0.6 is 0 Å². The van der Waals surface area contributed by atoms with Crippen molar-refractivity contribution in [2.75, 3.05) is 0 Å². The van der Waals surface area contributed by atoms with Crippen molar-refractivity contribution < 1.29 is 42.6 Å². The molecule has 0 aromatic rings. The van der Waals surface area contributed by atoms with Crippen molar-refractivity contribution in [1.82, 2.24) is 0 Å². The van der Waals surface area contributed by atoms with Crippen molar-refractivity contribution in [1.29, 1.82) is 0 Å². The Bertz CT molecular complexity index is 15.0. The molecule has 0 aliphatic carbocycles. The summed E-state index contributed by atoms with van der Waals surface area (Å²) in [5, 5.41) is 6.89. The topological polar surface area (TPSA) is 94.3 Å². The molecule has 0 aliphatic rings. The van der Waals surface area contributed by atoms with Crippen LogP contribution < -0.4 is 0 Å². The summed E-state index contributed by atoms with van der Waals surface area (Å²) in [4.78, 5) is 8.36. The van der Waals surface area contributed by atoms with E-state index in [9.17, 15) is 0 Å². The molecule has 0 radical (unpaired) electrons. The molecule has 6 heavy (non-hydrogen) atoms. The van der Waals surface area contributed by atoms with Crippen LogP contribution in [0.25, 0.3) is 0 Å². The molecule has 0 bridgehead atoms. The van der Waals surface area contributed by atoms with Gasteiger partial charge in [0.1, 0.15) is 0 Å². The summed E-state index contributed by atoms with van der Waals surface area (Å²) in [6, 6.07) is 0. The number of carbonyl (C=O) groups is 1. The zero-order valence-electron chi connectivity index (χ0n) is 2.75. The number of carboxylic acid groups (broad SMARTS) is 1. The van der Waals surface area contributed by atoms with Crippen molar-refractivity contribution in [3.63, 3.8) is 0 Å². The summed E-state index contributed by atoms with van der Waals surface area (Å²) in [6.45, 7) is -0.250. The van der Waals surface area contributed by atoms with E-state index >= 15 is 0 Å². The summed E-state index contributed by atoms with van der Waals surface area (Å²) in [7, 11) is 0. The fourth-order valence-corrected chi connectivity index (χ4v) is 0. The molecular formula is CH2O4Ti. The predicted molar refractivity (Wildman–Crippen MR) is 10.1 cm³/mol. The van der Waals surface area contributed by atoms with Gasteiger partial charge in [0.15, 0.2) is 0 Å². The molecule has 4 nitrogen and oxygen atoms in total. The Morgan fingerprint density at radius 2 is 1.33 bits per heavy atom. The van der Waals surface area contributed by atoms with Crippen LogP contribution in [0.4, 0.5) is 0 Å². The summed E-state index contributed by atoms with van der Waals surface area (Å²) in [5.41, 5.74) is 0. The maximum absolute atomic E-state index is 8.36. The Morgan fingerprint density at radius 3 is 1.33 bits per heavy atom. The first kappa shape index (κ1) is 35.9. The minimum absolute atomic E-state index is 0. The largest absolute Gasteiger partial charge is 4.00 e. The van der Waals surface area contributed by atoms with Crippen LogP contribution in [-0.2, 0) is 37.5 Å². The maximum atomic E-state index is 8.36. The molecule has 0 spiro atoms. The molecule has 5 heteroatoms. The third kappa shape index (κ3) is 3640. The second-order valence-electron chi connectivity index (χ2n) is 0.105. The maximum Gasteiger partial charge on any atom is 4.00 e. The average Bonchev–Trinajstić information content (AvgIpc) is 0.918. The van der Waals surface area contributed by atoms with E-state index in [1.165, 1.54) is 0 Å². The molecule has 0 fully saturated rings. The average molecular weight is 126 g/mol. The van der Waals surface area contributed by atoms with Crippen LogP contribution in [-0.4, -0.2) is 11.6 Å². The van der Waals surface area contributed by atoms with Gasteiger partial charge in [-0.05, 0) is 0 Å². The molecule has 0 saturated heterocycles. The summed E-state index contributed by atoms with van der Waals surface area (Å²) in [5.74, 6) is 0. The van der Waals surface area contributed by atoms with E-state index in [4.69, 9.17) is 9.90 Å². The molecule has 0 amide bonds. The Labute approximate surface area is 49.7 Å². The van der Waals surface area contributed by atoms with Crippen LogP contribution in [0.2, 0.25) is 0 Å². The molecule has 0 aliphatic heterocycles. The van der Waals surface area contributed by atoms with Gasteiger partial charge in [0.05, 0.1) is 0 Å². The summed E-state index contributed by atoms with van der Waals surface area (Å²) in [6.07, 6.45) is 0. The van der Waals surface area contributed by atoms with Crippen molar-refractivity contribution in [3.05, 3.63) is 0 Å². The standard InChI is InChI=1S/CH2O2.2O.Ti/c2-1-3;;;/h1H,(H,2,3);;;/q;2*-2;+4. The van der Waals surface area contributed by atoms with Crippen LogP contribution in [0.5, 0.6) is 0 Å².